The van der Waals surface area contributed by atoms with Crippen LogP contribution in [-0.4, -0.2) is 33.1 Å². The zero-order chi connectivity index (χ0) is 14.5. The number of hydrogen-bond acceptors (Lipinski definition) is 6. The van der Waals surface area contributed by atoms with Crippen LogP contribution in [0.3, 0.4) is 0 Å². The molecular formula is C13H20N6S. The summed E-state index contributed by atoms with van der Waals surface area (Å²) in [5.74, 6) is 1.63. The van der Waals surface area contributed by atoms with Gasteiger partial charge in [-0.3, -0.25) is 4.68 Å². The van der Waals surface area contributed by atoms with E-state index in [-0.39, 0.29) is 0 Å². The molecule has 0 radical (unpaired) electrons. The number of rotatable bonds is 6. The first kappa shape index (κ1) is 14.6. The molecule has 2 rings (SSSR count). The van der Waals surface area contributed by atoms with Gasteiger partial charge in [0.15, 0.2) is 5.16 Å². The van der Waals surface area contributed by atoms with Crippen LogP contribution in [0.4, 0.5) is 11.6 Å². The first-order chi connectivity index (χ1) is 9.66. The molecule has 7 heteroatoms. The standard InChI is InChI=1S/C13H20N6S/c1-5-10-9(8-19(3)18-10)7-15-12-6-11(14-2)16-13(17-12)20-4/h6,8H,5,7H2,1-4H3,(H2,14,15,16,17). The second-order valence-electron chi connectivity index (χ2n) is 4.36. The minimum atomic E-state index is 0.713. The first-order valence-electron chi connectivity index (χ1n) is 6.52. The fourth-order valence-corrected chi connectivity index (χ4v) is 2.33. The van der Waals surface area contributed by atoms with E-state index in [1.54, 1.807) is 0 Å². The van der Waals surface area contributed by atoms with Gasteiger partial charge in [0.1, 0.15) is 11.6 Å². The van der Waals surface area contributed by atoms with Crippen LogP contribution in [-0.2, 0) is 20.0 Å². The summed E-state index contributed by atoms with van der Waals surface area (Å²) in [5.41, 5.74) is 2.32. The predicted molar refractivity (Wildman–Crippen MR) is 83.3 cm³/mol. The van der Waals surface area contributed by atoms with Crippen molar-refractivity contribution >= 4 is 23.4 Å². The monoisotopic (exact) mass is 292 g/mol. The molecule has 0 bridgehead atoms. The van der Waals surface area contributed by atoms with Gasteiger partial charge in [-0.2, -0.15) is 5.10 Å². The van der Waals surface area contributed by atoms with Crippen molar-refractivity contribution < 1.29 is 0 Å². The van der Waals surface area contributed by atoms with Gasteiger partial charge in [-0.05, 0) is 12.7 Å². The Morgan fingerprint density at radius 3 is 2.70 bits per heavy atom. The molecule has 0 fully saturated rings. The summed E-state index contributed by atoms with van der Waals surface area (Å²) in [4.78, 5) is 8.80. The molecule has 0 aliphatic carbocycles. The van der Waals surface area contributed by atoms with Crippen LogP contribution < -0.4 is 10.6 Å². The van der Waals surface area contributed by atoms with E-state index in [0.717, 1.165) is 28.9 Å². The molecule has 0 aliphatic heterocycles. The van der Waals surface area contributed by atoms with E-state index >= 15 is 0 Å². The van der Waals surface area contributed by atoms with Crippen molar-refractivity contribution in [3.8, 4) is 0 Å². The third-order valence-corrected chi connectivity index (χ3v) is 3.48. The molecule has 2 heterocycles. The minimum Gasteiger partial charge on any atom is -0.373 e. The molecule has 2 aromatic heterocycles. The SMILES string of the molecule is CCc1nn(C)cc1CNc1cc(NC)nc(SC)n1. The zero-order valence-electron chi connectivity index (χ0n) is 12.3. The largest absolute Gasteiger partial charge is 0.373 e. The van der Waals surface area contributed by atoms with Crippen LogP contribution in [0, 0.1) is 0 Å². The quantitative estimate of drug-likeness (QED) is 0.628. The van der Waals surface area contributed by atoms with E-state index in [1.807, 2.05) is 37.3 Å². The number of aryl methyl sites for hydroxylation is 2. The Kier molecular flexibility index (Phi) is 4.84. The van der Waals surface area contributed by atoms with E-state index in [9.17, 15) is 0 Å². The Bertz CT molecular complexity index is 558. The van der Waals surface area contributed by atoms with Crippen LogP contribution in [0.25, 0.3) is 0 Å². The zero-order valence-corrected chi connectivity index (χ0v) is 13.1. The lowest BCUT2D eigenvalue weighted by Crippen LogP contribution is -2.05. The van der Waals surface area contributed by atoms with Gasteiger partial charge in [-0.1, -0.05) is 18.7 Å². The smallest absolute Gasteiger partial charge is 0.191 e. The van der Waals surface area contributed by atoms with Crippen molar-refractivity contribution in [2.24, 2.45) is 7.05 Å². The van der Waals surface area contributed by atoms with Crippen LogP contribution in [0.1, 0.15) is 18.2 Å². The Hall–Kier alpha value is -1.76. The van der Waals surface area contributed by atoms with Crippen molar-refractivity contribution in [2.75, 3.05) is 23.9 Å². The summed E-state index contributed by atoms with van der Waals surface area (Å²) in [6.07, 6.45) is 4.94. The topological polar surface area (TPSA) is 67.7 Å². The van der Waals surface area contributed by atoms with E-state index < -0.39 is 0 Å². The second kappa shape index (κ2) is 6.60. The number of aromatic nitrogens is 4. The number of nitrogens with zero attached hydrogens (tertiary/aromatic N) is 4. The number of anilines is 2. The van der Waals surface area contributed by atoms with Crippen LogP contribution in [0.5, 0.6) is 0 Å². The highest BCUT2D eigenvalue weighted by Crippen LogP contribution is 2.18. The van der Waals surface area contributed by atoms with Crippen LogP contribution in [0.2, 0.25) is 0 Å². The maximum absolute atomic E-state index is 4.45. The maximum atomic E-state index is 4.45. The summed E-state index contributed by atoms with van der Waals surface area (Å²) in [6.45, 7) is 2.83. The van der Waals surface area contributed by atoms with Gasteiger partial charge in [-0.25, -0.2) is 9.97 Å². The number of thioether (sulfide) groups is 1. The van der Waals surface area contributed by atoms with Gasteiger partial charge < -0.3 is 10.6 Å². The average Bonchev–Trinajstić information content (AvgIpc) is 2.84. The van der Waals surface area contributed by atoms with Gasteiger partial charge in [0.05, 0.1) is 5.69 Å². The van der Waals surface area contributed by atoms with Crippen molar-refractivity contribution in [2.45, 2.75) is 25.0 Å². The lowest BCUT2D eigenvalue weighted by atomic mass is 10.2. The molecule has 0 aliphatic rings. The van der Waals surface area contributed by atoms with Gasteiger partial charge in [0, 0.05) is 38.5 Å². The van der Waals surface area contributed by atoms with E-state index in [2.05, 4.69) is 32.6 Å². The fourth-order valence-electron chi connectivity index (χ4n) is 1.95. The minimum absolute atomic E-state index is 0.713. The molecule has 108 valence electrons. The predicted octanol–water partition coefficient (Wildman–Crippen LogP) is 2.15. The molecule has 2 aromatic rings. The lowest BCUT2D eigenvalue weighted by molar-refractivity contribution is 0.746. The van der Waals surface area contributed by atoms with Crippen LogP contribution >= 0.6 is 11.8 Å². The molecular weight excluding hydrogens is 272 g/mol. The highest BCUT2D eigenvalue weighted by molar-refractivity contribution is 7.98. The molecule has 0 atom stereocenters. The lowest BCUT2D eigenvalue weighted by Gasteiger charge is -2.08. The molecule has 20 heavy (non-hydrogen) atoms. The van der Waals surface area contributed by atoms with Gasteiger partial charge >= 0.3 is 0 Å². The highest BCUT2D eigenvalue weighted by atomic mass is 32.2. The number of hydrogen-bond donors (Lipinski definition) is 2. The molecule has 0 saturated carbocycles. The van der Waals surface area contributed by atoms with Crippen molar-refractivity contribution in [3.63, 3.8) is 0 Å². The molecule has 0 saturated heterocycles. The Balaban J connectivity index is 2.13. The normalized spacial score (nSPS) is 10.6. The fraction of sp³-hybridized carbons (Fsp3) is 0.462. The molecule has 6 nitrogen and oxygen atoms in total. The van der Waals surface area contributed by atoms with E-state index in [1.165, 1.54) is 17.3 Å². The second-order valence-corrected chi connectivity index (χ2v) is 5.13. The van der Waals surface area contributed by atoms with Gasteiger partial charge in [0.25, 0.3) is 0 Å². The molecule has 0 amide bonds. The Labute approximate surface area is 123 Å². The number of nitrogens with one attached hydrogen (secondary N) is 2. The maximum Gasteiger partial charge on any atom is 0.191 e. The highest BCUT2D eigenvalue weighted by Gasteiger charge is 2.07. The average molecular weight is 292 g/mol. The molecule has 0 aromatic carbocycles. The van der Waals surface area contributed by atoms with Crippen molar-refractivity contribution in [3.05, 3.63) is 23.5 Å². The summed E-state index contributed by atoms with van der Waals surface area (Å²) >= 11 is 1.53. The van der Waals surface area contributed by atoms with E-state index in [0.29, 0.717) is 6.54 Å². The van der Waals surface area contributed by atoms with Crippen molar-refractivity contribution in [1.29, 1.82) is 0 Å². The third-order valence-electron chi connectivity index (χ3n) is 2.93. The van der Waals surface area contributed by atoms with Gasteiger partial charge in [0.2, 0.25) is 0 Å². The molecule has 2 N–H and O–H groups in total. The van der Waals surface area contributed by atoms with E-state index in [4.69, 9.17) is 0 Å². The summed E-state index contributed by atoms with van der Waals surface area (Å²) < 4.78 is 1.85. The molecule has 0 spiro atoms. The Morgan fingerprint density at radius 2 is 2.05 bits per heavy atom. The van der Waals surface area contributed by atoms with Crippen LogP contribution in [0.15, 0.2) is 17.4 Å². The summed E-state index contributed by atoms with van der Waals surface area (Å²) in [6, 6.07) is 1.90. The third kappa shape index (κ3) is 3.41. The van der Waals surface area contributed by atoms with Gasteiger partial charge in [-0.15, -0.1) is 0 Å². The summed E-state index contributed by atoms with van der Waals surface area (Å²) in [5, 5.41) is 11.6. The Morgan fingerprint density at radius 1 is 1.30 bits per heavy atom. The van der Waals surface area contributed by atoms with Crippen molar-refractivity contribution in [1.82, 2.24) is 19.7 Å². The first-order valence-corrected chi connectivity index (χ1v) is 7.74. The summed E-state index contributed by atoms with van der Waals surface area (Å²) in [7, 11) is 3.80. The molecule has 0 unspecified atom stereocenters.